The summed E-state index contributed by atoms with van der Waals surface area (Å²) in [4.78, 5) is 0. The quantitative estimate of drug-likeness (QED) is 0.601. The summed E-state index contributed by atoms with van der Waals surface area (Å²) in [7, 11) is 2.00. The van der Waals surface area contributed by atoms with Crippen molar-refractivity contribution in [1.29, 1.82) is 0 Å². The average Bonchev–Trinajstić information content (AvgIpc) is 2.53. The summed E-state index contributed by atoms with van der Waals surface area (Å²) in [5.74, 6) is 0. The molecule has 1 saturated heterocycles. The Balaban J connectivity index is 1.98. The summed E-state index contributed by atoms with van der Waals surface area (Å²) in [5, 5.41) is 6.72. The molecule has 1 aliphatic heterocycles. The van der Waals surface area contributed by atoms with Gasteiger partial charge < -0.3 is 15.4 Å². The highest BCUT2D eigenvalue weighted by Crippen LogP contribution is 2.16. The molecule has 3 nitrogen and oxygen atoms in total. The maximum atomic E-state index is 5.36. The molecule has 0 saturated carbocycles. The van der Waals surface area contributed by atoms with Gasteiger partial charge in [-0.3, -0.25) is 0 Å². The maximum Gasteiger partial charge on any atom is 0.0646 e. The van der Waals surface area contributed by atoms with E-state index in [1.165, 1.54) is 12.8 Å². The van der Waals surface area contributed by atoms with Gasteiger partial charge in [0.25, 0.3) is 0 Å². The predicted octanol–water partition coefficient (Wildman–Crippen LogP) is 0.755. The first-order chi connectivity index (χ1) is 6.27. The fourth-order valence-corrected chi connectivity index (χ4v) is 1.62. The first kappa shape index (κ1) is 11.0. The van der Waals surface area contributed by atoms with Gasteiger partial charge in [-0.1, -0.05) is 0 Å². The fraction of sp³-hybridized carbons (Fsp3) is 1.00. The molecule has 1 aliphatic rings. The normalized spacial score (nSPS) is 28.2. The van der Waals surface area contributed by atoms with Crippen molar-refractivity contribution in [2.75, 3.05) is 33.4 Å². The third kappa shape index (κ3) is 4.07. The Morgan fingerprint density at radius 2 is 2.08 bits per heavy atom. The standard InChI is InChI=1S/C10H22N2O/c1-10(5-8-13-9-10)12-7-4-3-6-11-2/h11-12H,3-9H2,1-2H3. The van der Waals surface area contributed by atoms with Crippen LogP contribution in [0, 0.1) is 0 Å². The molecule has 0 aromatic heterocycles. The van der Waals surface area contributed by atoms with Crippen molar-refractivity contribution in [3.05, 3.63) is 0 Å². The van der Waals surface area contributed by atoms with E-state index < -0.39 is 0 Å². The molecule has 13 heavy (non-hydrogen) atoms. The Morgan fingerprint density at radius 1 is 1.31 bits per heavy atom. The van der Waals surface area contributed by atoms with Crippen LogP contribution < -0.4 is 10.6 Å². The van der Waals surface area contributed by atoms with E-state index >= 15 is 0 Å². The van der Waals surface area contributed by atoms with Crippen molar-refractivity contribution in [2.45, 2.75) is 31.7 Å². The molecule has 0 aromatic rings. The van der Waals surface area contributed by atoms with Gasteiger partial charge >= 0.3 is 0 Å². The zero-order valence-electron chi connectivity index (χ0n) is 8.86. The zero-order chi connectivity index (χ0) is 9.57. The van der Waals surface area contributed by atoms with Crippen LogP contribution in [-0.4, -0.2) is 38.9 Å². The van der Waals surface area contributed by atoms with Crippen LogP contribution in [0.15, 0.2) is 0 Å². The van der Waals surface area contributed by atoms with Crippen LogP contribution >= 0.6 is 0 Å². The molecule has 0 bridgehead atoms. The van der Waals surface area contributed by atoms with Crippen molar-refractivity contribution in [2.24, 2.45) is 0 Å². The Morgan fingerprint density at radius 3 is 2.69 bits per heavy atom. The first-order valence-electron chi connectivity index (χ1n) is 5.24. The Labute approximate surface area is 81.2 Å². The summed E-state index contributed by atoms with van der Waals surface area (Å²) in [6.07, 6.45) is 3.65. The summed E-state index contributed by atoms with van der Waals surface area (Å²) < 4.78 is 5.36. The minimum absolute atomic E-state index is 0.250. The minimum atomic E-state index is 0.250. The lowest BCUT2D eigenvalue weighted by Crippen LogP contribution is -2.43. The molecule has 0 aliphatic carbocycles. The molecule has 1 atom stereocenters. The second kappa shape index (κ2) is 5.58. The number of unbranched alkanes of at least 4 members (excludes halogenated alkanes) is 1. The molecule has 0 spiro atoms. The molecule has 0 radical (unpaired) electrons. The molecule has 2 N–H and O–H groups in total. The molecular formula is C10H22N2O. The van der Waals surface area contributed by atoms with Crippen molar-refractivity contribution in [3.63, 3.8) is 0 Å². The first-order valence-corrected chi connectivity index (χ1v) is 5.24. The highest BCUT2D eigenvalue weighted by atomic mass is 16.5. The van der Waals surface area contributed by atoms with Gasteiger partial charge in [0.15, 0.2) is 0 Å². The number of nitrogens with one attached hydrogen (secondary N) is 2. The third-order valence-electron chi connectivity index (χ3n) is 2.62. The summed E-state index contributed by atoms with van der Waals surface area (Å²) in [6, 6.07) is 0. The van der Waals surface area contributed by atoms with E-state index in [4.69, 9.17) is 4.74 Å². The number of rotatable bonds is 6. The van der Waals surface area contributed by atoms with Crippen LogP contribution in [0.1, 0.15) is 26.2 Å². The summed E-state index contributed by atoms with van der Waals surface area (Å²) >= 11 is 0. The number of ether oxygens (including phenoxy) is 1. The van der Waals surface area contributed by atoms with Crippen LogP contribution in [0.3, 0.4) is 0 Å². The Hall–Kier alpha value is -0.120. The minimum Gasteiger partial charge on any atom is -0.379 e. The van der Waals surface area contributed by atoms with Gasteiger partial charge in [0, 0.05) is 12.1 Å². The van der Waals surface area contributed by atoms with Crippen LogP contribution in [0.2, 0.25) is 0 Å². The molecule has 1 fully saturated rings. The van der Waals surface area contributed by atoms with E-state index in [-0.39, 0.29) is 5.54 Å². The van der Waals surface area contributed by atoms with Crippen LogP contribution in [0.5, 0.6) is 0 Å². The van der Waals surface area contributed by atoms with E-state index in [2.05, 4.69) is 17.6 Å². The van der Waals surface area contributed by atoms with Gasteiger partial charge in [-0.15, -0.1) is 0 Å². The number of hydrogen-bond acceptors (Lipinski definition) is 3. The SMILES string of the molecule is CNCCCCNC1(C)CCOC1. The van der Waals surface area contributed by atoms with Gasteiger partial charge in [0.2, 0.25) is 0 Å². The van der Waals surface area contributed by atoms with E-state index in [1.807, 2.05) is 7.05 Å². The highest BCUT2D eigenvalue weighted by molar-refractivity contribution is 4.86. The van der Waals surface area contributed by atoms with Gasteiger partial charge in [0.1, 0.15) is 0 Å². The van der Waals surface area contributed by atoms with Crippen molar-refractivity contribution >= 4 is 0 Å². The molecule has 0 aromatic carbocycles. The molecule has 1 heterocycles. The lowest BCUT2D eigenvalue weighted by Gasteiger charge is -2.23. The average molecular weight is 186 g/mol. The largest absolute Gasteiger partial charge is 0.379 e. The lowest BCUT2D eigenvalue weighted by atomic mass is 10.0. The molecule has 1 rings (SSSR count). The summed E-state index contributed by atoms with van der Waals surface area (Å²) in [5.41, 5.74) is 0.250. The topological polar surface area (TPSA) is 33.3 Å². The molecule has 0 amide bonds. The van der Waals surface area contributed by atoms with Gasteiger partial charge in [-0.25, -0.2) is 0 Å². The second-order valence-electron chi connectivity index (χ2n) is 4.10. The smallest absolute Gasteiger partial charge is 0.0646 e. The molecule has 1 unspecified atom stereocenters. The maximum absolute atomic E-state index is 5.36. The summed E-state index contributed by atoms with van der Waals surface area (Å²) in [6.45, 7) is 6.27. The van der Waals surface area contributed by atoms with E-state index in [0.717, 1.165) is 32.7 Å². The van der Waals surface area contributed by atoms with Crippen LogP contribution in [0.25, 0.3) is 0 Å². The van der Waals surface area contributed by atoms with E-state index in [1.54, 1.807) is 0 Å². The van der Waals surface area contributed by atoms with Crippen molar-refractivity contribution < 1.29 is 4.74 Å². The third-order valence-corrected chi connectivity index (χ3v) is 2.62. The Kier molecular flexibility index (Phi) is 4.70. The molecule has 78 valence electrons. The predicted molar refractivity (Wildman–Crippen MR) is 55.0 cm³/mol. The molecule has 3 heteroatoms. The van der Waals surface area contributed by atoms with Gasteiger partial charge in [-0.05, 0) is 46.3 Å². The monoisotopic (exact) mass is 186 g/mol. The van der Waals surface area contributed by atoms with E-state index in [0.29, 0.717) is 0 Å². The van der Waals surface area contributed by atoms with Gasteiger partial charge in [-0.2, -0.15) is 0 Å². The zero-order valence-corrected chi connectivity index (χ0v) is 8.86. The van der Waals surface area contributed by atoms with Crippen molar-refractivity contribution in [1.82, 2.24) is 10.6 Å². The van der Waals surface area contributed by atoms with Crippen LogP contribution in [-0.2, 0) is 4.74 Å². The van der Waals surface area contributed by atoms with Gasteiger partial charge in [0.05, 0.1) is 6.61 Å². The second-order valence-corrected chi connectivity index (χ2v) is 4.10. The van der Waals surface area contributed by atoms with Crippen molar-refractivity contribution in [3.8, 4) is 0 Å². The van der Waals surface area contributed by atoms with E-state index in [9.17, 15) is 0 Å². The fourth-order valence-electron chi connectivity index (χ4n) is 1.62. The molecular weight excluding hydrogens is 164 g/mol. The lowest BCUT2D eigenvalue weighted by molar-refractivity contribution is 0.171. The Bertz CT molecular complexity index is 133. The van der Waals surface area contributed by atoms with Crippen LogP contribution in [0.4, 0.5) is 0 Å². The highest BCUT2D eigenvalue weighted by Gasteiger charge is 2.28. The number of hydrogen-bond donors (Lipinski definition) is 2.